The Bertz CT molecular complexity index is 346. The Balaban J connectivity index is 2.28. The summed E-state index contributed by atoms with van der Waals surface area (Å²) >= 11 is 0. The van der Waals surface area contributed by atoms with Gasteiger partial charge in [0, 0.05) is 19.3 Å². The van der Waals surface area contributed by atoms with Gasteiger partial charge in [0.25, 0.3) is 0 Å². The van der Waals surface area contributed by atoms with Gasteiger partial charge in [-0.05, 0) is 43.9 Å². The molecule has 0 aromatic rings. The topological polar surface area (TPSA) is 52.6 Å². The van der Waals surface area contributed by atoms with Crippen molar-refractivity contribution in [3.8, 4) is 0 Å². The molecule has 1 aliphatic carbocycles. The number of hydrogen-bond acceptors (Lipinski definition) is 4. The molecule has 0 bridgehead atoms. The third-order valence-corrected chi connectivity index (χ3v) is 5.25. The van der Waals surface area contributed by atoms with Crippen molar-refractivity contribution in [3.63, 3.8) is 0 Å². The maximum absolute atomic E-state index is 11.9. The van der Waals surface area contributed by atoms with Crippen molar-refractivity contribution < 1.29 is 19.1 Å². The second-order valence-electron chi connectivity index (χ2n) is 7.49. The van der Waals surface area contributed by atoms with Gasteiger partial charge in [0.2, 0.25) is 0 Å². The Morgan fingerprint density at radius 2 is 1.29 bits per heavy atom. The highest BCUT2D eigenvalue weighted by Crippen LogP contribution is 2.25. The van der Waals surface area contributed by atoms with Crippen molar-refractivity contribution in [2.24, 2.45) is 11.8 Å². The minimum absolute atomic E-state index is 0.0875. The Morgan fingerprint density at radius 1 is 0.875 bits per heavy atom. The van der Waals surface area contributed by atoms with E-state index in [0.717, 1.165) is 44.9 Å². The molecule has 0 radical (unpaired) electrons. The highest BCUT2D eigenvalue weighted by molar-refractivity contribution is 5.70. The molecule has 1 rings (SSSR count). The molecule has 0 aromatic heterocycles. The van der Waals surface area contributed by atoms with Gasteiger partial charge in [-0.3, -0.25) is 9.59 Å². The van der Waals surface area contributed by atoms with E-state index in [0.29, 0.717) is 31.1 Å². The smallest absolute Gasteiger partial charge is 0.306 e. The molecule has 24 heavy (non-hydrogen) atoms. The van der Waals surface area contributed by atoms with Crippen LogP contribution in [0, 0.1) is 11.8 Å². The normalized spacial score (nSPS) is 23.3. The van der Waals surface area contributed by atoms with E-state index in [1.807, 2.05) is 0 Å². The molecule has 4 nitrogen and oxygen atoms in total. The fourth-order valence-electron chi connectivity index (χ4n) is 2.94. The molecule has 4 atom stereocenters. The van der Waals surface area contributed by atoms with Crippen LogP contribution in [0.15, 0.2) is 0 Å². The van der Waals surface area contributed by atoms with Crippen molar-refractivity contribution in [2.45, 2.75) is 104 Å². The number of carbonyl (C=O) groups excluding carboxylic acids is 2. The van der Waals surface area contributed by atoms with Crippen LogP contribution in [0.25, 0.3) is 0 Å². The average molecular weight is 341 g/mol. The summed E-state index contributed by atoms with van der Waals surface area (Å²) in [6.07, 6.45) is 8.13. The number of carbonyl (C=O) groups is 2. The maximum Gasteiger partial charge on any atom is 0.306 e. The Labute approximate surface area is 147 Å². The summed E-state index contributed by atoms with van der Waals surface area (Å²) in [6, 6.07) is 0. The molecule has 0 aliphatic heterocycles. The van der Waals surface area contributed by atoms with Crippen LogP contribution in [0.3, 0.4) is 0 Å². The first-order valence-electron chi connectivity index (χ1n) is 9.83. The lowest BCUT2D eigenvalue weighted by atomic mass is 9.94. The van der Waals surface area contributed by atoms with E-state index in [1.165, 1.54) is 0 Å². The van der Waals surface area contributed by atoms with Crippen molar-refractivity contribution in [1.82, 2.24) is 0 Å². The van der Waals surface area contributed by atoms with Gasteiger partial charge in [0.15, 0.2) is 0 Å². The van der Waals surface area contributed by atoms with Crippen LogP contribution in [0.2, 0.25) is 0 Å². The van der Waals surface area contributed by atoms with Crippen LogP contribution >= 0.6 is 0 Å². The van der Waals surface area contributed by atoms with E-state index < -0.39 is 0 Å². The second-order valence-corrected chi connectivity index (χ2v) is 7.49. The molecular weight excluding hydrogens is 304 g/mol. The van der Waals surface area contributed by atoms with E-state index in [1.54, 1.807) is 0 Å². The Morgan fingerprint density at radius 3 is 1.67 bits per heavy atom. The summed E-state index contributed by atoms with van der Waals surface area (Å²) in [7, 11) is 0. The standard InChI is InChI=1S/C20H36O4/c1-5-15(3)10-12-19(21)23-17-8-7-9-18(14-17)24-20(22)13-11-16(4)6-2/h15-18H,5-14H2,1-4H3. The molecular formula is C20H36O4. The lowest BCUT2D eigenvalue weighted by Crippen LogP contribution is -2.31. The van der Waals surface area contributed by atoms with Gasteiger partial charge in [0.05, 0.1) is 0 Å². The van der Waals surface area contributed by atoms with Crippen LogP contribution in [0.4, 0.5) is 0 Å². The van der Waals surface area contributed by atoms with Crippen molar-refractivity contribution in [1.29, 1.82) is 0 Å². The minimum Gasteiger partial charge on any atom is -0.462 e. The molecule has 1 aliphatic rings. The average Bonchev–Trinajstić information content (AvgIpc) is 2.57. The fourth-order valence-corrected chi connectivity index (χ4v) is 2.94. The van der Waals surface area contributed by atoms with Crippen LogP contribution < -0.4 is 0 Å². The summed E-state index contributed by atoms with van der Waals surface area (Å²) in [4.78, 5) is 23.9. The Kier molecular flexibility index (Phi) is 10.0. The molecule has 0 amide bonds. The molecule has 0 N–H and O–H groups in total. The van der Waals surface area contributed by atoms with E-state index >= 15 is 0 Å². The van der Waals surface area contributed by atoms with Crippen molar-refractivity contribution in [2.75, 3.05) is 0 Å². The van der Waals surface area contributed by atoms with Crippen LogP contribution in [0.1, 0.15) is 91.9 Å². The molecule has 0 aromatic carbocycles. The summed E-state index contributed by atoms with van der Waals surface area (Å²) < 4.78 is 11.2. The lowest BCUT2D eigenvalue weighted by Gasteiger charge is -2.29. The minimum atomic E-state index is -0.107. The molecule has 4 unspecified atom stereocenters. The number of hydrogen-bond donors (Lipinski definition) is 0. The quantitative estimate of drug-likeness (QED) is 0.523. The van der Waals surface area contributed by atoms with Gasteiger partial charge in [0.1, 0.15) is 12.2 Å². The summed E-state index contributed by atoms with van der Waals surface area (Å²) in [5.41, 5.74) is 0. The van der Waals surface area contributed by atoms with E-state index in [9.17, 15) is 9.59 Å². The fraction of sp³-hybridized carbons (Fsp3) is 0.900. The SMILES string of the molecule is CCC(C)CCC(=O)OC1CCCC(OC(=O)CCC(C)CC)C1. The van der Waals surface area contributed by atoms with Gasteiger partial charge in [-0.1, -0.05) is 40.5 Å². The molecule has 0 heterocycles. The third kappa shape index (κ3) is 8.70. The molecule has 0 spiro atoms. The lowest BCUT2D eigenvalue weighted by molar-refractivity contribution is -0.159. The highest BCUT2D eigenvalue weighted by atomic mass is 16.6. The van der Waals surface area contributed by atoms with Crippen LogP contribution in [-0.2, 0) is 19.1 Å². The highest BCUT2D eigenvalue weighted by Gasteiger charge is 2.27. The van der Waals surface area contributed by atoms with Crippen molar-refractivity contribution >= 4 is 11.9 Å². The number of ether oxygens (including phenoxy) is 2. The largest absolute Gasteiger partial charge is 0.462 e. The van der Waals surface area contributed by atoms with E-state index in [2.05, 4.69) is 27.7 Å². The number of rotatable bonds is 10. The molecule has 1 saturated carbocycles. The second kappa shape index (κ2) is 11.5. The van der Waals surface area contributed by atoms with Gasteiger partial charge in [-0.25, -0.2) is 0 Å². The molecule has 1 fully saturated rings. The monoisotopic (exact) mass is 340 g/mol. The first-order chi connectivity index (χ1) is 11.4. The Hall–Kier alpha value is -1.06. The number of esters is 2. The maximum atomic E-state index is 11.9. The zero-order chi connectivity index (χ0) is 17.9. The van der Waals surface area contributed by atoms with Crippen molar-refractivity contribution in [3.05, 3.63) is 0 Å². The summed E-state index contributed by atoms with van der Waals surface area (Å²) in [6.45, 7) is 8.58. The van der Waals surface area contributed by atoms with Gasteiger partial charge in [-0.2, -0.15) is 0 Å². The van der Waals surface area contributed by atoms with Gasteiger partial charge < -0.3 is 9.47 Å². The van der Waals surface area contributed by atoms with E-state index in [-0.39, 0.29) is 24.1 Å². The van der Waals surface area contributed by atoms with Gasteiger partial charge >= 0.3 is 11.9 Å². The van der Waals surface area contributed by atoms with Crippen LogP contribution in [-0.4, -0.2) is 24.1 Å². The molecule has 0 saturated heterocycles. The predicted molar refractivity (Wildman–Crippen MR) is 95.6 cm³/mol. The first-order valence-corrected chi connectivity index (χ1v) is 9.83. The third-order valence-electron chi connectivity index (χ3n) is 5.25. The molecule has 140 valence electrons. The zero-order valence-corrected chi connectivity index (χ0v) is 16.0. The summed E-state index contributed by atoms with van der Waals surface area (Å²) in [5.74, 6) is 0.902. The van der Waals surface area contributed by atoms with Gasteiger partial charge in [-0.15, -0.1) is 0 Å². The molecule has 4 heteroatoms. The predicted octanol–water partition coefficient (Wildman–Crippen LogP) is 5.04. The van der Waals surface area contributed by atoms with Crippen LogP contribution in [0.5, 0.6) is 0 Å². The summed E-state index contributed by atoms with van der Waals surface area (Å²) in [5, 5.41) is 0. The van der Waals surface area contributed by atoms with E-state index in [4.69, 9.17) is 9.47 Å². The zero-order valence-electron chi connectivity index (χ0n) is 16.0. The first kappa shape index (κ1) is 21.0.